The van der Waals surface area contributed by atoms with Gasteiger partial charge in [0.1, 0.15) is 10.0 Å². The van der Waals surface area contributed by atoms with Crippen LogP contribution in [-0.2, 0) is 4.87 Å². The van der Waals surface area contributed by atoms with E-state index in [4.69, 9.17) is 34.8 Å². The quantitative estimate of drug-likeness (QED) is 0.334. The van der Waals surface area contributed by atoms with E-state index in [9.17, 15) is 0 Å². The van der Waals surface area contributed by atoms with Crippen LogP contribution in [-0.4, -0.2) is 5.17 Å². The van der Waals surface area contributed by atoms with Crippen LogP contribution < -0.4 is 0 Å². The van der Waals surface area contributed by atoms with Crippen molar-refractivity contribution in [2.75, 3.05) is 0 Å². The highest BCUT2D eigenvalue weighted by Crippen LogP contribution is 2.41. The number of nitrogens with zero attached hydrogens (tertiary/aromatic N) is 1. The van der Waals surface area contributed by atoms with Crippen molar-refractivity contribution in [1.29, 1.82) is 0 Å². The van der Waals surface area contributed by atoms with Crippen LogP contribution in [0.25, 0.3) is 0 Å². The molecule has 3 aromatic carbocycles. The molecule has 0 unspecified atom stereocenters. The van der Waals surface area contributed by atoms with Gasteiger partial charge in [-0.05, 0) is 35.7 Å². The molecule has 0 saturated heterocycles. The van der Waals surface area contributed by atoms with Crippen LogP contribution in [0, 0.1) is 6.92 Å². The van der Waals surface area contributed by atoms with E-state index < -0.39 is 4.87 Å². The van der Waals surface area contributed by atoms with Crippen LogP contribution in [0.3, 0.4) is 0 Å². The van der Waals surface area contributed by atoms with Crippen LogP contribution in [0.15, 0.2) is 83.9 Å². The summed E-state index contributed by atoms with van der Waals surface area (Å²) in [5, 5.41) is 0.788. The molecule has 0 bridgehead atoms. The van der Waals surface area contributed by atoms with Gasteiger partial charge in [0.15, 0.2) is 0 Å². The molecule has 0 aromatic heterocycles. The predicted octanol–water partition coefficient (Wildman–Crippen LogP) is 7.10. The summed E-state index contributed by atoms with van der Waals surface area (Å²) in [7, 11) is 0. The van der Waals surface area contributed by atoms with E-state index in [1.54, 1.807) is 0 Å². The predicted molar refractivity (Wildman–Crippen MR) is 109 cm³/mol. The first-order valence-electron chi connectivity index (χ1n) is 7.82. The number of benzene rings is 3. The number of hydrogen-bond acceptors (Lipinski definition) is 1. The van der Waals surface area contributed by atoms with E-state index in [-0.39, 0.29) is 5.17 Å². The zero-order chi connectivity index (χ0) is 17.9. The molecular weight excluding hydrogens is 373 g/mol. The van der Waals surface area contributed by atoms with E-state index in [1.807, 2.05) is 85.8 Å². The topological polar surface area (TPSA) is 12.4 Å². The first-order valence-corrected chi connectivity index (χ1v) is 8.96. The molecule has 0 spiro atoms. The summed E-state index contributed by atoms with van der Waals surface area (Å²) in [6, 6.07) is 25.0. The minimum Gasteiger partial charge on any atom is -0.237 e. The van der Waals surface area contributed by atoms with Crippen LogP contribution in [0.2, 0.25) is 5.02 Å². The van der Waals surface area contributed by atoms with Gasteiger partial charge in [0.2, 0.25) is 0 Å². The van der Waals surface area contributed by atoms with Crippen molar-refractivity contribution in [2.24, 2.45) is 4.99 Å². The Balaban J connectivity index is 2.16. The standard InChI is InChI=1S/C21H16Cl3N/c1-15-12-13-19(18(22)14-15)25-20(23)21(24,16-8-4-2-5-9-16)17-10-6-3-7-11-17/h2-14H,1H3. The van der Waals surface area contributed by atoms with Crippen molar-refractivity contribution in [1.82, 2.24) is 0 Å². The van der Waals surface area contributed by atoms with Gasteiger partial charge >= 0.3 is 0 Å². The Morgan fingerprint density at radius 3 is 1.84 bits per heavy atom. The lowest BCUT2D eigenvalue weighted by Gasteiger charge is -2.27. The van der Waals surface area contributed by atoms with Gasteiger partial charge in [-0.2, -0.15) is 0 Å². The Labute approximate surface area is 162 Å². The van der Waals surface area contributed by atoms with Crippen molar-refractivity contribution in [3.63, 3.8) is 0 Å². The molecule has 25 heavy (non-hydrogen) atoms. The summed E-state index contributed by atoms with van der Waals surface area (Å²) in [5.74, 6) is 0. The van der Waals surface area contributed by atoms with Crippen molar-refractivity contribution < 1.29 is 0 Å². The van der Waals surface area contributed by atoms with Gasteiger partial charge < -0.3 is 0 Å². The highest BCUT2D eigenvalue weighted by atomic mass is 35.5. The average Bonchev–Trinajstić information content (AvgIpc) is 2.64. The van der Waals surface area contributed by atoms with Crippen LogP contribution >= 0.6 is 34.8 Å². The third kappa shape index (κ3) is 3.74. The largest absolute Gasteiger partial charge is 0.237 e. The molecule has 0 N–H and O–H groups in total. The summed E-state index contributed by atoms with van der Waals surface area (Å²) in [4.78, 5) is 3.46. The SMILES string of the molecule is Cc1ccc(N=C(Cl)C(Cl)(c2ccccc2)c2ccccc2)c(Cl)c1. The minimum atomic E-state index is -1.09. The monoisotopic (exact) mass is 387 g/mol. The van der Waals surface area contributed by atoms with E-state index in [2.05, 4.69) is 4.99 Å². The van der Waals surface area contributed by atoms with E-state index in [0.717, 1.165) is 16.7 Å². The second-order valence-corrected chi connectivity index (χ2v) is 7.08. The zero-order valence-electron chi connectivity index (χ0n) is 13.6. The summed E-state index contributed by atoms with van der Waals surface area (Å²) in [5.41, 5.74) is 3.34. The zero-order valence-corrected chi connectivity index (χ0v) is 15.9. The van der Waals surface area contributed by atoms with Gasteiger partial charge in [0.25, 0.3) is 0 Å². The number of rotatable bonds is 4. The average molecular weight is 389 g/mol. The lowest BCUT2D eigenvalue weighted by molar-refractivity contribution is 0.990. The van der Waals surface area contributed by atoms with Gasteiger partial charge in [-0.25, -0.2) is 4.99 Å². The molecule has 3 rings (SSSR count). The molecule has 126 valence electrons. The van der Waals surface area contributed by atoms with Gasteiger partial charge in [-0.1, -0.05) is 89.9 Å². The summed E-state index contributed by atoms with van der Waals surface area (Å²) >= 11 is 20.0. The molecule has 1 nitrogen and oxygen atoms in total. The first kappa shape index (κ1) is 18.0. The van der Waals surface area contributed by atoms with Gasteiger partial charge in [-0.3, -0.25) is 0 Å². The van der Waals surface area contributed by atoms with Crippen molar-refractivity contribution >= 4 is 45.7 Å². The maximum atomic E-state index is 7.07. The Morgan fingerprint density at radius 2 is 1.36 bits per heavy atom. The molecule has 0 aliphatic rings. The number of hydrogen-bond donors (Lipinski definition) is 0. The summed E-state index contributed by atoms with van der Waals surface area (Å²) in [6.07, 6.45) is 0. The molecule has 0 aliphatic carbocycles. The fraction of sp³-hybridized carbons (Fsp3) is 0.0952. The van der Waals surface area contributed by atoms with Crippen molar-refractivity contribution in [2.45, 2.75) is 11.8 Å². The number of alkyl halides is 1. The molecule has 0 atom stereocenters. The molecule has 0 aliphatic heterocycles. The molecule has 0 heterocycles. The second kappa shape index (κ2) is 7.61. The molecule has 0 fully saturated rings. The van der Waals surface area contributed by atoms with Gasteiger partial charge in [0.05, 0.1) is 10.7 Å². The molecule has 0 radical (unpaired) electrons. The van der Waals surface area contributed by atoms with Crippen LogP contribution in [0.5, 0.6) is 0 Å². The fourth-order valence-corrected chi connectivity index (χ4v) is 3.51. The lowest BCUT2D eigenvalue weighted by atomic mass is 9.91. The number of aryl methyl sites for hydroxylation is 1. The smallest absolute Gasteiger partial charge is 0.147 e. The van der Waals surface area contributed by atoms with Gasteiger partial charge in [0, 0.05) is 0 Å². The first-order chi connectivity index (χ1) is 12.0. The Kier molecular flexibility index (Phi) is 5.48. The van der Waals surface area contributed by atoms with Crippen LogP contribution in [0.4, 0.5) is 5.69 Å². The maximum absolute atomic E-state index is 7.07. The molecule has 0 amide bonds. The molecule has 3 aromatic rings. The Bertz CT molecular complexity index is 850. The molecular formula is C21H16Cl3N. The third-order valence-corrected chi connectivity index (χ3v) is 5.33. The van der Waals surface area contributed by atoms with E-state index in [1.165, 1.54) is 0 Å². The summed E-state index contributed by atoms with van der Waals surface area (Å²) in [6.45, 7) is 1.97. The normalized spacial score (nSPS) is 12.2. The lowest BCUT2D eigenvalue weighted by Crippen LogP contribution is -2.27. The van der Waals surface area contributed by atoms with Crippen LogP contribution in [0.1, 0.15) is 16.7 Å². The maximum Gasteiger partial charge on any atom is 0.147 e. The summed E-state index contributed by atoms with van der Waals surface area (Å²) < 4.78 is 0. The van der Waals surface area contributed by atoms with Gasteiger partial charge in [-0.15, -0.1) is 11.6 Å². The highest BCUT2D eigenvalue weighted by Gasteiger charge is 2.37. The minimum absolute atomic E-state index is 0.248. The Morgan fingerprint density at radius 1 is 0.840 bits per heavy atom. The van der Waals surface area contributed by atoms with E-state index in [0.29, 0.717) is 10.7 Å². The Hall–Kier alpha value is -1.80. The number of halogens is 3. The third-order valence-electron chi connectivity index (χ3n) is 3.95. The van der Waals surface area contributed by atoms with Crippen molar-refractivity contribution in [3.05, 3.63) is 101 Å². The second-order valence-electron chi connectivity index (χ2n) is 5.75. The fourth-order valence-electron chi connectivity index (χ4n) is 2.63. The molecule has 0 saturated carbocycles. The van der Waals surface area contributed by atoms with Crippen molar-refractivity contribution in [3.8, 4) is 0 Å². The highest BCUT2D eigenvalue weighted by molar-refractivity contribution is 6.73. The molecule has 4 heteroatoms. The number of aliphatic imine (C=N–C) groups is 1. The van der Waals surface area contributed by atoms with E-state index >= 15 is 0 Å².